The first-order valence-electron chi connectivity index (χ1n) is 5.40. The number of aliphatic hydroxyl groups is 1. The van der Waals surface area contributed by atoms with Gasteiger partial charge in [0, 0.05) is 0 Å². The normalized spacial score (nSPS) is 12.4. The summed E-state index contributed by atoms with van der Waals surface area (Å²) in [7, 11) is 1.44. The average Bonchev–Trinajstić information content (AvgIpc) is 2.30. The van der Waals surface area contributed by atoms with Gasteiger partial charge in [-0.1, -0.05) is 0 Å². The quantitative estimate of drug-likeness (QED) is 0.529. The molecule has 3 N–H and O–H groups in total. The van der Waals surface area contributed by atoms with E-state index >= 15 is 0 Å². The summed E-state index contributed by atoms with van der Waals surface area (Å²) in [5.74, 6) is -0.00552. The molecule has 1 rings (SSSR count). The highest BCUT2D eigenvalue weighted by molar-refractivity contribution is 5.83. The molecule has 0 saturated heterocycles. The van der Waals surface area contributed by atoms with E-state index in [4.69, 9.17) is 9.84 Å². The Morgan fingerprint density at radius 3 is 2.94 bits per heavy atom. The van der Waals surface area contributed by atoms with Crippen LogP contribution in [0.5, 0.6) is 11.5 Å². The van der Waals surface area contributed by atoms with Crippen molar-refractivity contribution in [1.29, 1.82) is 0 Å². The smallest absolute Gasteiger partial charge is 0.242 e. The van der Waals surface area contributed by atoms with Crippen molar-refractivity contribution in [3.63, 3.8) is 0 Å². The molecule has 0 aliphatic carbocycles. The van der Waals surface area contributed by atoms with Crippen LogP contribution in [-0.4, -0.2) is 35.5 Å². The summed E-state index contributed by atoms with van der Waals surface area (Å²) in [5.41, 5.74) is 2.95. The summed E-state index contributed by atoms with van der Waals surface area (Å²) < 4.78 is 4.93. The number of benzene rings is 1. The molecule has 0 aliphatic rings. The van der Waals surface area contributed by atoms with Crippen molar-refractivity contribution in [1.82, 2.24) is 5.43 Å². The van der Waals surface area contributed by atoms with E-state index < -0.39 is 6.10 Å². The van der Waals surface area contributed by atoms with E-state index in [-0.39, 0.29) is 18.1 Å². The summed E-state index contributed by atoms with van der Waals surface area (Å²) >= 11 is 0. The summed E-state index contributed by atoms with van der Waals surface area (Å²) in [4.78, 5) is 11.2. The third-order valence-electron chi connectivity index (χ3n) is 2.09. The van der Waals surface area contributed by atoms with Crippen molar-refractivity contribution in [2.24, 2.45) is 5.10 Å². The molecule has 0 aromatic heterocycles. The van der Waals surface area contributed by atoms with Crippen LogP contribution in [0, 0.1) is 0 Å². The number of phenolic OH excluding ortho intramolecular Hbond substituents is 1. The first-order valence-corrected chi connectivity index (χ1v) is 5.40. The van der Waals surface area contributed by atoms with Crippen LogP contribution in [0.1, 0.15) is 18.9 Å². The van der Waals surface area contributed by atoms with Crippen LogP contribution in [0.3, 0.4) is 0 Å². The van der Waals surface area contributed by atoms with Crippen LogP contribution < -0.4 is 10.2 Å². The summed E-state index contributed by atoms with van der Waals surface area (Å²) in [5, 5.41) is 22.1. The van der Waals surface area contributed by atoms with Crippen molar-refractivity contribution in [2.45, 2.75) is 19.4 Å². The van der Waals surface area contributed by atoms with Gasteiger partial charge in [-0.05, 0) is 30.7 Å². The van der Waals surface area contributed by atoms with Gasteiger partial charge in [-0.25, -0.2) is 5.43 Å². The molecule has 0 aliphatic heterocycles. The second-order valence-electron chi connectivity index (χ2n) is 3.78. The minimum Gasteiger partial charge on any atom is -0.504 e. The average molecular weight is 252 g/mol. The molecule has 0 radical (unpaired) electrons. The highest BCUT2D eigenvalue weighted by Crippen LogP contribution is 2.25. The molecule has 0 bridgehead atoms. The second-order valence-corrected chi connectivity index (χ2v) is 3.78. The molecular weight excluding hydrogens is 236 g/mol. The fourth-order valence-electron chi connectivity index (χ4n) is 1.27. The fourth-order valence-corrected chi connectivity index (χ4v) is 1.27. The third kappa shape index (κ3) is 4.42. The van der Waals surface area contributed by atoms with Crippen molar-refractivity contribution in [3.8, 4) is 11.5 Å². The van der Waals surface area contributed by atoms with Crippen LogP contribution in [0.4, 0.5) is 0 Å². The van der Waals surface area contributed by atoms with Crippen LogP contribution in [0.25, 0.3) is 0 Å². The molecule has 1 atom stereocenters. The van der Waals surface area contributed by atoms with E-state index in [2.05, 4.69) is 10.5 Å². The molecule has 1 aromatic rings. The zero-order chi connectivity index (χ0) is 13.5. The van der Waals surface area contributed by atoms with Crippen molar-refractivity contribution in [3.05, 3.63) is 23.8 Å². The minimum atomic E-state index is -0.700. The summed E-state index contributed by atoms with van der Waals surface area (Å²) in [6.45, 7) is 1.52. The van der Waals surface area contributed by atoms with Crippen LogP contribution in [0.15, 0.2) is 23.3 Å². The Morgan fingerprint density at radius 2 is 2.33 bits per heavy atom. The number of methoxy groups -OCH3 is 1. The lowest BCUT2D eigenvalue weighted by molar-refractivity contribution is -0.122. The maximum absolute atomic E-state index is 11.2. The van der Waals surface area contributed by atoms with Gasteiger partial charge in [0.1, 0.15) is 0 Å². The van der Waals surface area contributed by atoms with Crippen molar-refractivity contribution >= 4 is 12.1 Å². The molecule has 0 unspecified atom stereocenters. The number of hydrazone groups is 1. The van der Waals surface area contributed by atoms with Gasteiger partial charge in [0.2, 0.25) is 5.91 Å². The number of nitrogens with one attached hydrogen (secondary N) is 1. The second kappa shape index (κ2) is 6.61. The lowest BCUT2D eigenvalue weighted by atomic mass is 10.2. The molecule has 1 amide bonds. The maximum atomic E-state index is 11.2. The van der Waals surface area contributed by atoms with E-state index in [0.29, 0.717) is 11.3 Å². The highest BCUT2D eigenvalue weighted by Gasteiger charge is 2.04. The predicted octanol–water partition coefficient (Wildman–Crippen LogP) is 0.622. The van der Waals surface area contributed by atoms with Crippen molar-refractivity contribution in [2.75, 3.05) is 7.11 Å². The number of nitrogens with zero attached hydrogens (tertiary/aromatic N) is 1. The monoisotopic (exact) mass is 252 g/mol. The Hall–Kier alpha value is -2.08. The largest absolute Gasteiger partial charge is 0.504 e. The first kappa shape index (κ1) is 14.0. The van der Waals surface area contributed by atoms with Gasteiger partial charge in [0.15, 0.2) is 11.5 Å². The van der Waals surface area contributed by atoms with Gasteiger partial charge in [0.05, 0.1) is 25.8 Å². The highest BCUT2D eigenvalue weighted by atomic mass is 16.5. The molecule has 6 nitrogen and oxygen atoms in total. The number of aromatic hydroxyl groups is 1. The lowest BCUT2D eigenvalue weighted by Crippen LogP contribution is -2.21. The summed E-state index contributed by atoms with van der Waals surface area (Å²) in [6, 6.07) is 4.68. The zero-order valence-electron chi connectivity index (χ0n) is 10.3. The van der Waals surface area contributed by atoms with Gasteiger partial charge < -0.3 is 14.9 Å². The predicted molar refractivity (Wildman–Crippen MR) is 66.7 cm³/mol. The van der Waals surface area contributed by atoms with E-state index in [1.54, 1.807) is 12.1 Å². The Balaban J connectivity index is 2.59. The number of carbonyl (C=O) groups excluding carboxylic acids is 1. The number of carbonyl (C=O) groups is 1. The summed E-state index contributed by atoms with van der Waals surface area (Å²) in [6.07, 6.45) is 0.715. The molecule has 98 valence electrons. The molecule has 0 spiro atoms. The van der Waals surface area contributed by atoms with Gasteiger partial charge in [-0.2, -0.15) is 5.10 Å². The SMILES string of the molecule is COc1cc(/C=N/NC(=O)C[C@@H](C)O)ccc1O. The molecule has 18 heavy (non-hydrogen) atoms. The fraction of sp³-hybridized carbons (Fsp3) is 0.333. The van der Waals surface area contributed by atoms with E-state index in [1.165, 1.54) is 26.3 Å². The Bertz CT molecular complexity index is 444. The van der Waals surface area contributed by atoms with Gasteiger partial charge in [-0.15, -0.1) is 0 Å². The number of ether oxygens (including phenoxy) is 1. The number of hydrogen-bond acceptors (Lipinski definition) is 5. The standard InChI is InChI=1S/C12H16N2O4/c1-8(15)5-12(17)14-13-7-9-3-4-10(16)11(6-9)18-2/h3-4,6-8,15-16H,5H2,1-2H3,(H,14,17)/b13-7+/t8-/m1/s1. The van der Waals surface area contributed by atoms with E-state index in [1.807, 2.05) is 0 Å². The Labute approximate surface area is 105 Å². The maximum Gasteiger partial charge on any atom is 0.242 e. The van der Waals surface area contributed by atoms with E-state index in [0.717, 1.165) is 0 Å². The molecule has 0 saturated carbocycles. The number of rotatable bonds is 5. The molecule has 0 heterocycles. The van der Waals surface area contributed by atoms with Crippen LogP contribution >= 0.6 is 0 Å². The van der Waals surface area contributed by atoms with Crippen LogP contribution in [-0.2, 0) is 4.79 Å². The number of phenols is 1. The molecule has 0 fully saturated rings. The number of amides is 1. The van der Waals surface area contributed by atoms with Gasteiger partial charge in [0.25, 0.3) is 0 Å². The third-order valence-corrected chi connectivity index (χ3v) is 2.09. The molecular formula is C12H16N2O4. The van der Waals surface area contributed by atoms with Crippen LogP contribution in [0.2, 0.25) is 0 Å². The number of aliphatic hydroxyl groups excluding tert-OH is 1. The van der Waals surface area contributed by atoms with E-state index in [9.17, 15) is 9.90 Å². The minimum absolute atomic E-state index is 0.00373. The zero-order valence-corrected chi connectivity index (χ0v) is 10.3. The Kier molecular flexibility index (Phi) is 5.13. The number of hydrogen-bond donors (Lipinski definition) is 3. The Morgan fingerprint density at radius 1 is 1.61 bits per heavy atom. The molecule has 1 aromatic carbocycles. The molecule has 6 heteroatoms. The first-order chi connectivity index (χ1) is 8.52. The van der Waals surface area contributed by atoms with Crippen molar-refractivity contribution < 1.29 is 19.7 Å². The lowest BCUT2D eigenvalue weighted by Gasteiger charge is -2.04. The topological polar surface area (TPSA) is 91.2 Å². The van der Waals surface area contributed by atoms with Gasteiger partial charge in [-0.3, -0.25) is 4.79 Å². The van der Waals surface area contributed by atoms with Gasteiger partial charge >= 0.3 is 0 Å².